The number of amides is 1. The highest BCUT2D eigenvalue weighted by atomic mass is 32.2. The predicted molar refractivity (Wildman–Crippen MR) is 75.8 cm³/mol. The third-order valence-electron chi connectivity index (χ3n) is 2.58. The molecule has 1 amide bonds. The van der Waals surface area contributed by atoms with Gasteiger partial charge in [-0.3, -0.25) is 4.79 Å². The van der Waals surface area contributed by atoms with Gasteiger partial charge in [0.1, 0.15) is 12.1 Å². The zero-order chi connectivity index (χ0) is 14.7. The molecule has 1 atom stereocenters. The standard InChI is InChI=1S/C12H14FN5OS/c1-7(20-12-15-6-16-18(12)2)11(19)17-8-3-4-9(13)10(14)5-8/h3-7H,14H2,1-2H3,(H,17,19). The Bertz CT molecular complexity index is 630. The average Bonchev–Trinajstić information content (AvgIpc) is 2.79. The second-order valence-electron chi connectivity index (χ2n) is 4.15. The molecule has 1 aromatic heterocycles. The van der Waals surface area contributed by atoms with Gasteiger partial charge < -0.3 is 11.1 Å². The first-order valence-electron chi connectivity index (χ1n) is 5.84. The summed E-state index contributed by atoms with van der Waals surface area (Å²) in [5, 5.41) is 6.88. The SMILES string of the molecule is CC(Sc1ncnn1C)C(=O)Nc1ccc(F)c(N)c1. The number of carbonyl (C=O) groups is 1. The van der Waals surface area contributed by atoms with Crippen LogP contribution in [0.25, 0.3) is 0 Å². The van der Waals surface area contributed by atoms with E-state index in [1.165, 1.54) is 36.3 Å². The molecule has 0 spiro atoms. The van der Waals surface area contributed by atoms with Gasteiger partial charge in [-0.05, 0) is 25.1 Å². The molecule has 6 nitrogen and oxygen atoms in total. The van der Waals surface area contributed by atoms with Crippen LogP contribution in [0, 0.1) is 5.82 Å². The minimum Gasteiger partial charge on any atom is -0.396 e. The number of aryl methyl sites for hydroxylation is 1. The number of hydrogen-bond donors (Lipinski definition) is 2. The average molecular weight is 295 g/mol. The summed E-state index contributed by atoms with van der Waals surface area (Å²) in [5.41, 5.74) is 5.90. The van der Waals surface area contributed by atoms with Gasteiger partial charge in [0, 0.05) is 12.7 Å². The molecule has 0 radical (unpaired) electrons. The van der Waals surface area contributed by atoms with Crippen LogP contribution in [0.1, 0.15) is 6.92 Å². The second-order valence-corrected chi connectivity index (χ2v) is 5.46. The number of hydrogen-bond acceptors (Lipinski definition) is 5. The number of nitrogens with zero attached hydrogens (tertiary/aromatic N) is 3. The number of rotatable bonds is 4. The number of carbonyl (C=O) groups excluding carboxylic acids is 1. The number of benzene rings is 1. The van der Waals surface area contributed by atoms with Crippen molar-refractivity contribution in [3.8, 4) is 0 Å². The number of anilines is 2. The fraction of sp³-hybridized carbons (Fsp3) is 0.250. The van der Waals surface area contributed by atoms with E-state index >= 15 is 0 Å². The van der Waals surface area contributed by atoms with Gasteiger partial charge in [-0.25, -0.2) is 14.1 Å². The van der Waals surface area contributed by atoms with Crippen LogP contribution in [0.2, 0.25) is 0 Å². The van der Waals surface area contributed by atoms with Gasteiger partial charge in [0.05, 0.1) is 10.9 Å². The summed E-state index contributed by atoms with van der Waals surface area (Å²) in [7, 11) is 1.75. The summed E-state index contributed by atoms with van der Waals surface area (Å²) in [6.07, 6.45) is 1.42. The number of thioether (sulfide) groups is 1. The van der Waals surface area contributed by atoms with Crippen molar-refractivity contribution in [2.24, 2.45) is 7.05 Å². The van der Waals surface area contributed by atoms with Gasteiger partial charge in [0.2, 0.25) is 5.91 Å². The molecule has 8 heteroatoms. The van der Waals surface area contributed by atoms with E-state index in [0.29, 0.717) is 10.8 Å². The van der Waals surface area contributed by atoms with Crippen molar-refractivity contribution in [3.63, 3.8) is 0 Å². The van der Waals surface area contributed by atoms with Gasteiger partial charge >= 0.3 is 0 Å². The molecule has 0 aliphatic rings. The van der Waals surface area contributed by atoms with E-state index in [2.05, 4.69) is 15.4 Å². The van der Waals surface area contributed by atoms with Crippen LogP contribution in [0.15, 0.2) is 29.7 Å². The summed E-state index contributed by atoms with van der Waals surface area (Å²) in [5.74, 6) is -0.728. The van der Waals surface area contributed by atoms with Crippen molar-refractivity contribution >= 4 is 29.0 Å². The second kappa shape index (κ2) is 5.91. The molecule has 1 unspecified atom stereocenters. The van der Waals surface area contributed by atoms with Crippen LogP contribution in [-0.4, -0.2) is 25.9 Å². The largest absolute Gasteiger partial charge is 0.396 e. The Kier molecular flexibility index (Phi) is 4.23. The van der Waals surface area contributed by atoms with E-state index in [1.807, 2.05) is 0 Å². The fourth-order valence-electron chi connectivity index (χ4n) is 1.47. The predicted octanol–water partition coefficient (Wildman–Crippen LogP) is 1.66. The van der Waals surface area contributed by atoms with Gasteiger partial charge in [0.25, 0.3) is 0 Å². The maximum atomic E-state index is 13.0. The fourth-order valence-corrected chi connectivity index (χ4v) is 2.26. The lowest BCUT2D eigenvalue weighted by atomic mass is 10.2. The first-order chi connectivity index (χ1) is 9.47. The summed E-state index contributed by atoms with van der Waals surface area (Å²) < 4.78 is 14.6. The van der Waals surface area contributed by atoms with Gasteiger partial charge in [-0.15, -0.1) is 0 Å². The van der Waals surface area contributed by atoms with Crippen LogP contribution >= 0.6 is 11.8 Å². The van der Waals surface area contributed by atoms with E-state index in [4.69, 9.17) is 5.73 Å². The highest BCUT2D eigenvalue weighted by Crippen LogP contribution is 2.22. The van der Waals surface area contributed by atoms with E-state index < -0.39 is 5.82 Å². The highest BCUT2D eigenvalue weighted by molar-refractivity contribution is 8.00. The summed E-state index contributed by atoms with van der Waals surface area (Å²) >= 11 is 1.28. The van der Waals surface area contributed by atoms with Crippen molar-refractivity contribution in [2.75, 3.05) is 11.1 Å². The van der Waals surface area contributed by atoms with Crippen LogP contribution in [-0.2, 0) is 11.8 Å². The number of nitrogens with one attached hydrogen (secondary N) is 1. The maximum Gasteiger partial charge on any atom is 0.237 e. The summed E-state index contributed by atoms with van der Waals surface area (Å²) in [6, 6.07) is 4.06. The van der Waals surface area contributed by atoms with E-state index in [-0.39, 0.29) is 16.8 Å². The molecule has 1 heterocycles. The highest BCUT2D eigenvalue weighted by Gasteiger charge is 2.17. The molecule has 0 saturated heterocycles. The van der Waals surface area contributed by atoms with Crippen molar-refractivity contribution in [2.45, 2.75) is 17.3 Å². The Labute approximate surface area is 119 Å². The smallest absolute Gasteiger partial charge is 0.237 e. The molecule has 0 bridgehead atoms. The molecule has 2 rings (SSSR count). The van der Waals surface area contributed by atoms with Crippen molar-refractivity contribution < 1.29 is 9.18 Å². The molecule has 2 aromatic rings. The third kappa shape index (κ3) is 3.27. The van der Waals surface area contributed by atoms with E-state index in [9.17, 15) is 9.18 Å². The molecular weight excluding hydrogens is 281 g/mol. The van der Waals surface area contributed by atoms with Crippen LogP contribution in [0.4, 0.5) is 15.8 Å². The molecule has 1 aromatic carbocycles. The molecule has 0 saturated carbocycles. The molecule has 3 N–H and O–H groups in total. The van der Waals surface area contributed by atoms with Crippen molar-refractivity contribution in [1.82, 2.24) is 14.8 Å². The quantitative estimate of drug-likeness (QED) is 0.662. The lowest BCUT2D eigenvalue weighted by Gasteiger charge is -2.11. The van der Waals surface area contributed by atoms with Gasteiger partial charge in [-0.2, -0.15) is 5.10 Å². The molecule has 106 valence electrons. The molecule has 20 heavy (non-hydrogen) atoms. The summed E-state index contributed by atoms with van der Waals surface area (Å²) in [6.45, 7) is 1.75. The van der Waals surface area contributed by atoms with Crippen LogP contribution < -0.4 is 11.1 Å². The van der Waals surface area contributed by atoms with Crippen LogP contribution in [0.3, 0.4) is 0 Å². The molecular formula is C12H14FN5OS. The number of aromatic nitrogens is 3. The Morgan fingerprint density at radius 1 is 1.55 bits per heavy atom. The third-order valence-corrected chi connectivity index (χ3v) is 3.73. The zero-order valence-electron chi connectivity index (χ0n) is 11.0. The molecule has 0 aliphatic heterocycles. The normalized spacial score (nSPS) is 12.2. The Hall–Kier alpha value is -2.09. The van der Waals surface area contributed by atoms with E-state index in [0.717, 1.165) is 0 Å². The van der Waals surface area contributed by atoms with Gasteiger partial charge in [-0.1, -0.05) is 11.8 Å². The molecule has 0 fully saturated rings. The first kappa shape index (κ1) is 14.3. The topological polar surface area (TPSA) is 85.8 Å². The summed E-state index contributed by atoms with van der Waals surface area (Å²) in [4.78, 5) is 16.1. The lowest BCUT2D eigenvalue weighted by molar-refractivity contribution is -0.115. The van der Waals surface area contributed by atoms with Crippen LogP contribution in [0.5, 0.6) is 0 Å². The maximum absolute atomic E-state index is 13.0. The Morgan fingerprint density at radius 2 is 2.30 bits per heavy atom. The Morgan fingerprint density at radius 3 is 2.90 bits per heavy atom. The number of nitrogens with two attached hydrogens (primary N) is 1. The van der Waals surface area contributed by atoms with Crippen molar-refractivity contribution in [3.05, 3.63) is 30.3 Å². The monoisotopic (exact) mass is 295 g/mol. The Balaban J connectivity index is 2.00. The molecule has 0 aliphatic carbocycles. The minimum atomic E-state index is -0.510. The first-order valence-corrected chi connectivity index (χ1v) is 6.72. The van der Waals surface area contributed by atoms with E-state index in [1.54, 1.807) is 18.7 Å². The van der Waals surface area contributed by atoms with Crippen molar-refractivity contribution in [1.29, 1.82) is 0 Å². The minimum absolute atomic E-state index is 0.00333. The number of nitrogen functional groups attached to an aromatic ring is 1. The number of halogens is 1. The zero-order valence-corrected chi connectivity index (χ0v) is 11.8. The van der Waals surface area contributed by atoms with Gasteiger partial charge in [0.15, 0.2) is 5.16 Å². The lowest BCUT2D eigenvalue weighted by Crippen LogP contribution is -2.23.